The zero-order valence-electron chi connectivity index (χ0n) is 14.8. The third-order valence-electron chi connectivity index (χ3n) is 4.10. The van der Waals surface area contributed by atoms with E-state index in [1.54, 1.807) is 31.2 Å². The first-order valence-electron chi connectivity index (χ1n) is 8.18. The van der Waals surface area contributed by atoms with Crippen molar-refractivity contribution < 1.29 is 19.7 Å². The number of carbonyl (C=O) groups is 1. The van der Waals surface area contributed by atoms with Crippen LogP contribution in [0, 0.1) is 6.92 Å². The molecule has 0 aliphatic carbocycles. The SMILES string of the molecule is COc1ccccc1NC(=O)c1sc2ncn(C[C@@H](O)CO)c(=O)c2c1C. The van der Waals surface area contributed by atoms with Gasteiger partial charge < -0.3 is 20.3 Å². The monoisotopic (exact) mass is 389 g/mol. The minimum Gasteiger partial charge on any atom is -0.495 e. The number of fused-ring (bicyclic) bond motifs is 1. The van der Waals surface area contributed by atoms with Crippen molar-refractivity contribution in [2.45, 2.75) is 19.6 Å². The van der Waals surface area contributed by atoms with Gasteiger partial charge in [0.15, 0.2) is 0 Å². The van der Waals surface area contributed by atoms with Crippen molar-refractivity contribution >= 4 is 33.1 Å². The topological polar surface area (TPSA) is 114 Å². The summed E-state index contributed by atoms with van der Waals surface area (Å²) in [4.78, 5) is 30.4. The van der Waals surface area contributed by atoms with Crippen molar-refractivity contribution in [1.29, 1.82) is 0 Å². The molecule has 0 spiro atoms. The second kappa shape index (κ2) is 7.87. The van der Waals surface area contributed by atoms with Crippen LogP contribution in [0.15, 0.2) is 35.4 Å². The Morgan fingerprint density at radius 2 is 2.15 bits per heavy atom. The second-order valence-electron chi connectivity index (χ2n) is 5.93. The number of thiophene rings is 1. The van der Waals surface area contributed by atoms with Gasteiger partial charge in [0, 0.05) is 0 Å². The fraction of sp³-hybridized carbons (Fsp3) is 0.278. The van der Waals surface area contributed by atoms with E-state index in [-0.39, 0.29) is 18.0 Å². The van der Waals surface area contributed by atoms with E-state index in [0.29, 0.717) is 32.1 Å². The van der Waals surface area contributed by atoms with Crippen LogP contribution in [0.1, 0.15) is 15.2 Å². The minimum atomic E-state index is -1.06. The quantitative estimate of drug-likeness (QED) is 0.587. The lowest BCUT2D eigenvalue weighted by molar-refractivity contribution is 0.0802. The van der Waals surface area contributed by atoms with Crippen molar-refractivity contribution in [3.05, 3.63) is 51.4 Å². The smallest absolute Gasteiger partial charge is 0.266 e. The number of ether oxygens (including phenoxy) is 1. The lowest BCUT2D eigenvalue weighted by Gasteiger charge is -2.09. The molecule has 0 aliphatic heterocycles. The number of aliphatic hydroxyl groups is 2. The Bertz CT molecular complexity index is 1040. The summed E-state index contributed by atoms with van der Waals surface area (Å²) in [7, 11) is 1.52. The largest absolute Gasteiger partial charge is 0.495 e. The fourth-order valence-corrected chi connectivity index (χ4v) is 3.75. The molecule has 1 amide bonds. The molecule has 0 saturated carbocycles. The van der Waals surface area contributed by atoms with Gasteiger partial charge in [-0.3, -0.25) is 14.2 Å². The lowest BCUT2D eigenvalue weighted by Crippen LogP contribution is -2.28. The van der Waals surface area contributed by atoms with E-state index in [1.165, 1.54) is 18.0 Å². The standard InChI is InChI=1S/C18H19N3O5S/c1-10-14-17(19-9-21(18(14)25)7-11(23)8-22)27-15(10)16(24)20-12-5-3-4-6-13(12)26-2/h3-6,9,11,22-23H,7-8H2,1-2H3,(H,20,24)/t11-/m1/s1. The number of hydrogen-bond acceptors (Lipinski definition) is 7. The number of para-hydroxylation sites is 2. The van der Waals surface area contributed by atoms with Crippen LogP contribution >= 0.6 is 11.3 Å². The van der Waals surface area contributed by atoms with Gasteiger partial charge in [0.1, 0.15) is 10.6 Å². The van der Waals surface area contributed by atoms with Gasteiger partial charge in [-0.1, -0.05) is 12.1 Å². The van der Waals surface area contributed by atoms with E-state index in [2.05, 4.69) is 10.3 Å². The predicted molar refractivity (Wildman–Crippen MR) is 103 cm³/mol. The Morgan fingerprint density at radius 3 is 2.85 bits per heavy atom. The number of rotatable bonds is 6. The second-order valence-corrected chi connectivity index (χ2v) is 6.93. The normalized spacial score (nSPS) is 12.1. The number of nitrogens with zero attached hydrogens (tertiary/aromatic N) is 2. The summed E-state index contributed by atoms with van der Waals surface area (Å²) < 4.78 is 6.46. The summed E-state index contributed by atoms with van der Waals surface area (Å²) in [5.74, 6) is 0.171. The summed E-state index contributed by atoms with van der Waals surface area (Å²) in [5, 5.41) is 21.7. The Labute approximate surface area is 158 Å². The molecule has 0 unspecified atom stereocenters. The van der Waals surface area contributed by atoms with Gasteiger partial charge >= 0.3 is 0 Å². The lowest BCUT2D eigenvalue weighted by atomic mass is 10.2. The first-order valence-corrected chi connectivity index (χ1v) is 8.99. The van der Waals surface area contributed by atoms with Crippen LogP contribution in [0.25, 0.3) is 10.2 Å². The van der Waals surface area contributed by atoms with Gasteiger partial charge in [0.2, 0.25) is 0 Å². The number of aliphatic hydroxyl groups excluding tert-OH is 2. The molecule has 1 aromatic carbocycles. The zero-order valence-corrected chi connectivity index (χ0v) is 15.6. The first kappa shape index (κ1) is 19.0. The van der Waals surface area contributed by atoms with Crippen LogP contribution in [-0.4, -0.2) is 45.5 Å². The molecule has 0 aliphatic rings. The van der Waals surface area contributed by atoms with E-state index in [0.717, 1.165) is 11.3 Å². The highest BCUT2D eigenvalue weighted by Gasteiger charge is 2.21. The first-order chi connectivity index (χ1) is 13.0. The van der Waals surface area contributed by atoms with Crippen LogP contribution in [0.2, 0.25) is 0 Å². The average Bonchev–Trinajstić information content (AvgIpc) is 3.01. The Kier molecular flexibility index (Phi) is 5.54. The van der Waals surface area contributed by atoms with Crippen LogP contribution in [0.3, 0.4) is 0 Å². The molecule has 3 aromatic rings. The van der Waals surface area contributed by atoms with Crippen LogP contribution in [-0.2, 0) is 6.54 Å². The summed E-state index contributed by atoms with van der Waals surface area (Å²) >= 11 is 1.12. The van der Waals surface area contributed by atoms with Crippen molar-refractivity contribution in [2.24, 2.45) is 0 Å². The van der Waals surface area contributed by atoms with E-state index < -0.39 is 12.7 Å². The average molecular weight is 389 g/mol. The molecule has 3 N–H and O–H groups in total. The zero-order chi connectivity index (χ0) is 19.6. The van der Waals surface area contributed by atoms with Crippen molar-refractivity contribution in [2.75, 3.05) is 19.0 Å². The highest BCUT2D eigenvalue weighted by molar-refractivity contribution is 7.20. The van der Waals surface area contributed by atoms with Crippen LogP contribution in [0.4, 0.5) is 5.69 Å². The van der Waals surface area contributed by atoms with Gasteiger partial charge in [0.25, 0.3) is 11.5 Å². The van der Waals surface area contributed by atoms with Gasteiger partial charge in [0.05, 0.1) is 48.6 Å². The number of benzene rings is 1. The molecule has 9 heteroatoms. The van der Waals surface area contributed by atoms with E-state index in [9.17, 15) is 14.7 Å². The number of carbonyl (C=O) groups excluding carboxylic acids is 1. The molecule has 0 radical (unpaired) electrons. The maximum absolute atomic E-state index is 12.7. The number of nitrogens with one attached hydrogen (secondary N) is 1. The maximum atomic E-state index is 12.7. The molecule has 3 rings (SSSR count). The molecule has 27 heavy (non-hydrogen) atoms. The van der Waals surface area contributed by atoms with Gasteiger partial charge in [-0.25, -0.2) is 4.98 Å². The number of hydrogen-bond donors (Lipinski definition) is 3. The molecule has 2 aromatic heterocycles. The third-order valence-corrected chi connectivity index (χ3v) is 5.30. The molecule has 1 atom stereocenters. The highest BCUT2D eigenvalue weighted by atomic mass is 32.1. The number of methoxy groups -OCH3 is 1. The van der Waals surface area contributed by atoms with E-state index in [4.69, 9.17) is 9.84 Å². The van der Waals surface area contributed by atoms with Gasteiger partial charge in [-0.15, -0.1) is 11.3 Å². The molecular formula is C18H19N3O5S. The van der Waals surface area contributed by atoms with Crippen molar-refractivity contribution in [1.82, 2.24) is 9.55 Å². The summed E-state index contributed by atoms with van der Waals surface area (Å²) in [5.41, 5.74) is 0.684. The Morgan fingerprint density at radius 1 is 1.41 bits per heavy atom. The van der Waals surface area contributed by atoms with E-state index >= 15 is 0 Å². The van der Waals surface area contributed by atoms with Gasteiger partial charge in [-0.2, -0.15) is 0 Å². The Hall–Kier alpha value is -2.75. The molecule has 0 saturated heterocycles. The number of aryl methyl sites for hydroxylation is 1. The van der Waals surface area contributed by atoms with Crippen molar-refractivity contribution in [3.63, 3.8) is 0 Å². The van der Waals surface area contributed by atoms with Gasteiger partial charge in [-0.05, 0) is 24.6 Å². The predicted octanol–water partition coefficient (Wildman–Crippen LogP) is 1.38. The van der Waals surface area contributed by atoms with Crippen molar-refractivity contribution in [3.8, 4) is 5.75 Å². The minimum absolute atomic E-state index is 0.0731. The number of amides is 1. The summed E-state index contributed by atoms with van der Waals surface area (Å²) in [6.07, 6.45) is 0.246. The summed E-state index contributed by atoms with van der Waals surface area (Å²) in [6, 6.07) is 7.04. The number of anilines is 1. The maximum Gasteiger partial charge on any atom is 0.266 e. The van der Waals surface area contributed by atoms with E-state index in [1.807, 2.05) is 0 Å². The molecule has 142 valence electrons. The fourth-order valence-electron chi connectivity index (χ4n) is 2.72. The third kappa shape index (κ3) is 3.70. The molecule has 8 nitrogen and oxygen atoms in total. The van der Waals surface area contributed by atoms with Crippen LogP contribution in [0.5, 0.6) is 5.75 Å². The molecule has 0 fully saturated rings. The summed E-state index contributed by atoms with van der Waals surface area (Å²) in [6.45, 7) is 1.15. The van der Waals surface area contributed by atoms with Crippen LogP contribution < -0.4 is 15.6 Å². The Balaban J connectivity index is 1.98. The molecular weight excluding hydrogens is 370 g/mol. The number of aromatic nitrogens is 2. The highest BCUT2D eigenvalue weighted by Crippen LogP contribution is 2.29. The molecule has 2 heterocycles. The molecule has 0 bridgehead atoms.